The second kappa shape index (κ2) is 7.02. The number of rotatable bonds is 6. The van der Waals surface area contributed by atoms with Crippen LogP contribution in [0.5, 0.6) is 0 Å². The standard InChI is InChI=1S/C17H36N2S/c1-8-17(9-2,12-18-15(3,4)5)14-19-10-11-20-16(6,7)13-19/h18H,8-14H2,1-7H3. The second-order valence-corrected chi connectivity index (χ2v) is 9.93. The van der Waals surface area contributed by atoms with Gasteiger partial charge in [-0.3, -0.25) is 0 Å². The maximum atomic E-state index is 3.74. The summed E-state index contributed by atoms with van der Waals surface area (Å²) in [5.74, 6) is 1.28. The molecule has 1 fully saturated rings. The van der Waals surface area contributed by atoms with Crippen LogP contribution < -0.4 is 5.32 Å². The predicted molar refractivity (Wildman–Crippen MR) is 93.7 cm³/mol. The van der Waals surface area contributed by atoms with Crippen LogP contribution in [0, 0.1) is 5.41 Å². The van der Waals surface area contributed by atoms with Gasteiger partial charge >= 0.3 is 0 Å². The molecule has 0 saturated carbocycles. The third-order valence-electron chi connectivity index (χ3n) is 4.56. The Labute approximate surface area is 131 Å². The van der Waals surface area contributed by atoms with Gasteiger partial charge in [-0.25, -0.2) is 0 Å². The molecule has 1 aliphatic heterocycles. The number of thioether (sulfide) groups is 1. The van der Waals surface area contributed by atoms with Crippen molar-refractivity contribution < 1.29 is 0 Å². The van der Waals surface area contributed by atoms with Gasteiger partial charge in [0.25, 0.3) is 0 Å². The second-order valence-electron chi connectivity index (χ2n) is 8.13. The van der Waals surface area contributed by atoms with E-state index in [1.165, 1.54) is 38.2 Å². The Morgan fingerprint density at radius 1 is 1.15 bits per heavy atom. The van der Waals surface area contributed by atoms with E-state index in [1.54, 1.807) is 0 Å². The van der Waals surface area contributed by atoms with E-state index >= 15 is 0 Å². The molecule has 0 aromatic heterocycles. The Kier molecular flexibility index (Phi) is 6.43. The minimum absolute atomic E-state index is 0.215. The molecular weight excluding hydrogens is 264 g/mol. The van der Waals surface area contributed by atoms with Gasteiger partial charge in [-0.2, -0.15) is 11.8 Å². The van der Waals surface area contributed by atoms with Gasteiger partial charge < -0.3 is 10.2 Å². The van der Waals surface area contributed by atoms with Gasteiger partial charge in [-0.05, 0) is 52.9 Å². The first kappa shape index (κ1) is 18.3. The molecule has 0 atom stereocenters. The Morgan fingerprint density at radius 2 is 1.75 bits per heavy atom. The van der Waals surface area contributed by atoms with E-state index in [9.17, 15) is 0 Å². The van der Waals surface area contributed by atoms with Crippen LogP contribution in [0.25, 0.3) is 0 Å². The number of hydrogen-bond donors (Lipinski definition) is 1. The molecule has 1 rings (SSSR count). The summed E-state index contributed by atoms with van der Waals surface area (Å²) in [7, 11) is 0. The average molecular weight is 301 g/mol. The molecule has 120 valence electrons. The van der Waals surface area contributed by atoms with Crippen LogP contribution in [0.2, 0.25) is 0 Å². The molecular formula is C17H36N2S. The Bertz CT molecular complexity index is 290. The van der Waals surface area contributed by atoms with E-state index < -0.39 is 0 Å². The Hall–Kier alpha value is 0.270. The van der Waals surface area contributed by atoms with Gasteiger partial charge in [-0.1, -0.05) is 13.8 Å². The van der Waals surface area contributed by atoms with Crippen molar-refractivity contribution in [3.8, 4) is 0 Å². The number of nitrogens with one attached hydrogen (secondary N) is 1. The van der Waals surface area contributed by atoms with E-state index in [0.717, 1.165) is 6.54 Å². The lowest BCUT2D eigenvalue weighted by Crippen LogP contribution is -2.52. The van der Waals surface area contributed by atoms with Crippen molar-refractivity contribution in [1.82, 2.24) is 10.2 Å². The first-order valence-electron chi connectivity index (χ1n) is 8.23. The van der Waals surface area contributed by atoms with Crippen LogP contribution in [0.4, 0.5) is 0 Å². The normalized spacial score (nSPS) is 21.1. The summed E-state index contributed by atoms with van der Waals surface area (Å²) < 4.78 is 0.420. The smallest absolute Gasteiger partial charge is 0.0231 e. The minimum atomic E-state index is 0.215. The lowest BCUT2D eigenvalue weighted by Gasteiger charge is -2.44. The summed E-state index contributed by atoms with van der Waals surface area (Å²) in [6, 6.07) is 0. The highest BCUT2D eigenvalue weighted by Crippen LogP contribution is 2.33. The van der Waals surface area contributed by atoms with Crippen molar-refractivity contribution in [2.45, 2.75) is 71.6 Å². The third-order valence-corrected chi connectivity index (χ3v) is 5.85. The van der Waals surface area contributed by atoms with Crippen molar-refractivity contribution in [2.75, 3.05) is 31.9 Å². The number of nitrogens with zero attached hydrogens (tertiary/aromatic N) is 1. The van der Waals surface area contributed by atoms with Crippen molar-refractivity contribution in [1.29, 1.82) is 0 Å². The molecule has 0 aliphatic carbocycles. The summed E-state index contributed by atoms with van der Waals surface area (Å²) in [6.07, 6.45) is 2.52. The summed E-state index contributed by atoms with van der Waals surface area (Å²) in [5.41, 5.74) is 0.637. The Balaban J connectivity index is 2.65. The zero-order chi connectivity index (χ0) is 15.4. The first-order valence-corrected chi connectivity index (χ1v) is 9.21. The summed E-state index contributed by atoms with van der Waals surface area (Å²) in [4.78, 5) is 2.70. The van der Waals surface area contributed by atoms with E-state index in [4.69, 9.17) is 0 Å². The zero-order valence-corrected chi connectivity index (χ0v) is 15.6. The van der Waals surface area contributed by atoms with E-state index in [0.29, 0.717) is 10.2 Å². The highest BCUT2D eigenvalue weighted by Gasteiger charge is 2.34. The monoisotopic (exact) mass is 300 g/mol. The van der Waals surface area contributed by atoms with Gasteiger partial charge in [0.05, 0.1) is 0 Å². The van der Waals surface area contributed by atoms with Crippen molar-refractivity contribution in [3.63, 3.8) is 0 Å². The zero-order valence-electron chi connectivity index (χ0n) is 14.8. The molecule has 0 bridgehead atoms. The van der Waals surface area contributed by atoms with Crippen molar-refractivity contribution in [3.05, 3.63) is 0 Å². The average Bonchev–Trinajstić information content (AvgIpc) is 2.32. The molecule has 3 heteroatoms. The van der Waals surface area contributed by atoms with Gasteiger partial charge in [0.1, 0.15) is 0 Å². The van der Waals surface area contributed by atoms with Crippen molar-refractivity contribution >= 4 is 11.8 Å². The third kappa shape index (κ3) is 5.95. The van der Waals surface area contributed by atoms with Gasteiger partial charge in [0.15, 0.2) is 0 Å². The molecule has 0 spiro atoms. The molecule has 0 aromatic carbocycles. The molecule has 1 saturated heterocycles. The lowest BCUT2D eigenvalue weighted by atomic mass is 9.80. The van der Waals surface area contributed by atoms with Crippen LogP contribution in [0.3, 0.4) is 0 Å². The largest absolute Gasteiger partial charge is 0.311 e. The predicted octanol–water partition coefficient (Wildman–Crippen LogP) is 4.01. The molecule has 1 aliphatic rings. The molecule has 0 aromatic rings. The SMILES string of the molecule is CCC(CC)(CNC(C)(C)C)CN1CCSC(C)(C)C1. The van der Waals surface area contributed by atoms with Gasteiger partial charge in [0, 0.05) is 42.2 Å². The van der Waals surface area contributed by atoms with Crippen LogP contribution in [0.1, 0.15) is 61.3 Å². The molecule has 2 nitrogen and oxygen atoms in total. The van der Waals surface area contributed by atoms with E-state index in [2.05, 4.69) is 70.4 Å². The van der Waals surface area contributed by atoms with Gasteiger partial charge in [0.2, 0.25) is 0 Å². The maximum absolute atomic E-state index is 3.74. The quantitative estimate of drug-likeness (QED) is 0.798. The topological polar surface area (TPSA) is 15.3 Å². The highest BCUT2D eigenvalue weighted by atomic mass is 32.2. The Morgan fingerprint density at radius 3 is 2.20 bits per heavy atom. The molecule has 1 heterocycles. The molecule has 1 N–H and O–H groups in total. The van der Waals surface area contributed by atoms with Gasteiger partial charge in [-0.15, -0.1) is 0 Å². The summed E-state index contributed by atoms with van der Waals surface area (Å²) in [5, 5.41) is 3.74. The highest BCUT2D eigenvalue weighted by molar-refractivity contribution is 8.00. The lowest BCUT2D eigenvalue weighted by molar-refractivity contribution is 0.122. The van der Waals surface area contributed by atoms with Crippen LogP contribution in [-0.4, -0.2) is 47.1 Å². The van der Waals surface area contributed by atoms with Crippen LogP contribution in [0.15, 0.2) is 0 Å². The fourth-order valence-electron chi connectivity index (χ4n) is 2.96. The minimum Gasteiger partial charge on any atom is -0.311 e. The molecule has 0 amide bonds. The van der Waals surface area contributed by atoms with Crippen molar-refractivity contribution in [2.24, 2.45) is 5.41 Å². The first-order chi connectivity index (χ1) is 9.11. The fourth-order valence-corrected chi connectivity index (χ4v) is 4.13. The van der Waals surface area contributed by atoms with Crippen LogP contribution >= 0.6 is 11.8 Å². The molecule has 0 radical (unpaired) electrons. The fraction of sp³-hybridized carbons (Fsp3) is 1.00. The summed E-state index contributed by atoms with van der Waals surface area (Å²) in [6.45, 7) is 21.2. The summed E-state index contributed by atoms with van der Waals surface area (Å²) >= 11 is 2.13. The maximum Gasteiger partial charge on any atom is 0.0231 e. The number of hydrogen-bond acceptors (Lipinski definition) is 3. The molecule has 20 heavy (non-hydrogen) atoms. The molecule has 0 unspecified atom stereocenters. The van der Waals surface area contributed by atoms with E-state index in [1.807, 2.05) is 0 Å². The van der Waals surface area contributed by atoms with Crippen LogP contribution in [-0.2, 0) is 0 Å². The van der Waals surface area contributed by atoms with E-state index in [-0.39, 0.29) is 5.54 Å².